The van der Waals surface area contributed by atoms with Crippen molar-refractivity contribution in [3.63, 3.8) is 0 Å². The Bertz CT molecular complexity index is 623. The quantitative estimate of drug-likeness (QED) is 0.928. The molecule has 5 heteroatoms. The van der Waals surface area contributed by atoms with Gasteiger partial charge in [-0.2, -0.15) is 0 Å². The van der Waals surface area contributed by atoms with Crippen LogP contribution in [0.4, 0.5) is 0 Å². The third-order valence-corrected chi connectivity index (χ3v) is 4.47. The second-order valence-electron chi connectivity index (χ2n) is 3.95. The highest BCUT2D eigenvalue weighted by atomic mass is 79.9. The molecular formula is C14H11BrO3S. The summed E-state index contributed by atoms with van der Waals surface area (Å²) in [7, 11) is -1.18. The summed E-state index contributed by atoms with van der Waals surface area (Å²) in [6.07, 6.45) is 0. The molecule has 0 aliphatic heterocycles. The SMILES string of the molecule is O=C(O)c1cccc(CS(=O)c2ccc(Br)cc2)c1. The molecule has 2 rings (SSSR count). The molecule has 1 N–H and O–H groups in total. The molecule has 0 saturated carbocycles. The minimum Gasteiger partial charge on any atom is -0.478 e. The van der Waals surface area contributed by atoms with Gasteiger partial charge < -0.3 is 5.11 Å². The molecule has 0 heterocycles. The fraction of sp³-hybridized carbons (Fsp3) is 0.0714. The van der Waals surface area contributed by atoms with Crippen LogP contribution in [0.3, 0.4) is 0 Å². The largest absolute Gasteiger partial charge is 0.478 e. The average molecular weight is 339 g/mol. The van der Waals surface area contributed by atoms with Gasteiger partial charge >= 0.3 is 5.97 Å². The first-order valence-electron chi connectivity index (χ1n) is 5.52. The van der Waals surface area contributed by atoms with Gasteiger partial charge in [0.1, 0.15) is 0 Å². The van der Waals surface area contributed by atoms with E-state index in [-0.39, 0.29) is 5.56 Å². The Morgan fingerprint density at radius 1 is 1.16 bits per heavy atom. The second-order valence-corrected chi connectivity index (χ2v) is 6.32. The standard InChI is InChI=1S/C14H11BrO3S/c15-12-4-6-13(7-5-12)19(18)9-10-2-1-3-11(8-10)14(16)17/h1-8H,9H2,(H,16,17). The van der Waals surface area contributed by atoms with Crippen molar-refractivity contribution in [3.8, 4) is 0 Å². The maximum Gasteiger partial charge on any atom is 0.335 e. The third-order valence-electron chi connectivity index (χ3n) is 2.55. The Kier molecular flexibility index (Phi) is 4.50. The lowest BCUT2D eigenvalue weighted by Crippen LogP contribution is -2.00. The van der Waals surface area contributed by atoms with Gasteiger partial charge in [0.05, 0.1) is 22.1 Å². The minimum atomic E-state index is -1.18. The average Bonchev–Trinajstić information content (AvgIpc) is 2.39. The Balaban J connectivity index is 2.17. The van der Waals surface area contributed by atoms with E-state index >= 15 is 0 Å². The molecule has 0 bridgehead atoms. The van der Waals surface area contributed by atoms with Gasteiger partial charge in [-0.25, -0.2) is 4.79 Å². The van der Waals surface area contributed by atoms with E-state index in [0.29, 0.717) is 5.75 Å². The minimum absolute atomic E-state index is 0.213. The molecular weight excluding hydrogens is 328 g/mol. The van der Waals surface area contributed by atoms with Gasteiger partial charge in [0.15, 0.2) is 0 Å². The van der Waals surface area contributed by atoms with E-state index in [9.17, 15) is 9.00 Å². The first-order chi connectivity index (χ1) is 9.06. The molecule has 0 fully saturated rings. The summed E-state index contributed by atoms with van der Waals surface area (Å²) in [5.41, 5.74) is 0.964. The summed E-state index contributed by atoms with van der Waals surface area (Å²) in [4.78, 5) is 11.6. The van der Waals surface area contributed by atoms with E-state index in [0.717, 1.165) is 14.9 Å². The summed E-state index contributed by atoms with van der Waals surface area (Å²) < 4.78 is 13.1. The molecule has 0 radical (unpaired) electrons. The van der Waals surface area contributed by atoms with Crippen molar-refractivity contribution in [3.05, 3.63) is 64.1 Å². The van der Waals surface area contributed by atoms with Crippen LogP contribution >= 0.6 is 15.9 Å². The first kappa shape index (κ1) is 14.0. The smallest absolute Gasteiger partial charge is 0.335 e. The van der Waals surface area contributed by atoms with Gasteiger partial charge in [-0.05, 0) is 42.0 Å². The van der Waals surface area contributed by atoms with Crippen LogP contribution in [0.15, 0.2) is 57.9 Å². The molecule has 19 heavy (non-hydrogen) atoms. The van der Waals surface area contributed by atoms with Crippen LogP contribution < -0.4 is 0 Å². The van der Waals surface area contributed by atoms with Gasteiger partial charge in [-0.15, -0.1) is 0 Å². The first-order valence-corrected chi connectivity index (χ1v) is 7.63. The van der Waals surface area contributed by atoms with E-state index < -0.39 is 16.8 Å². The maximum atomic E-state index is 12.2. The Morgan fingerprint density at radius 3 is 2.47 bits per heavy atom. The van der Waals surface area contributed by atoms with Crippen LogP contribution in [-0.4, -0.2) is 15.3 Å². The van der Waals surface area contributed by atoms with E-state index in [1.807, 2.05) is 12.1 Å². The number of benzene rings is 2. The van der Waals surface area contributed by atoms with Gasteiger partial charge in [0.2, 0.25) is 0 Å². The lowest BCUT2D eigenvalue weighted by Gasteiger charge is -2.04. The molecule has 1 atom stereocenters. The molecule has 0 amide bonds. The number of carboxylic acid groups (broad SMARTS) is 1. The van der Waals surface area contributed by atoms with Crippen molar-refractivity contribution in [2.24, 2.45) is 0 Å². The molecule has 1 unspecified atom stereocenters. The van der Waals surface area contributed by atoms with Gasteiger partial charge in [-0.3, -0.25) is 4.21 Å². The maximum absolute atomic E-state index is 12.2. The summed E-state index contributed by atoms with van der Waals surface area (Å²) in [6, 6.07) is 13.8. The molecule has 0 spiro atoms. The lowest BCUT2D eigenvalue weighted by molar-refractivity contribution is 0.0697. The van der Waals surface area contributed by atoms with Crippen LogP contribution in [0.1, 0.15) is 15.9 Å². The van der Waals surface area contributed by atoms with Crippen molar-refractivity contribution < 1.29 is 14.1 Å². The van der Waals surface area contributed by atoms with Crippen molar-refractivity contribution in [2.45, 2.75) is 10.6 Å². The summed E-state index contributed by atoms with van der Waals surface area (Å²) in [6.45, 7) is 0. The number of rotatable bonds is 4. The van der Waals surface area contributed by atoms with Crippen LogP contribution in [0, 0.1) is 0 Å². The molecule has 0 aromatic heterocycles. The fourth-order valence-corrected chi connectivity index (χ4v) is 2.97. The van der Waals surface area contributed by atoms with Gasteiger partial charge in [0.25, 0.3) is 0 Å². The number of hydrogen-bond donors (Lipinski definition) is 1. The van der Waals surface area contributed by atoms with Crippen molar-refractivity contribution in [1.82, 2.24) is 0 Å². The molecule has 0 saturated heterocycles. The number of hydrogen-bond acceptors (Lipinski definition) is 2. The zero-order chi connectivity index (χ0) is 13.8. The van der Waals surface area contributed by atoms with E-state index in [1.165, 1.54) is 6.07 Å². The fourth-order valence-electron chi connectivity index (χ4n) is 1.62. The summed E-state index contributed by atoms with van der Waals surface area (Å²) in [5, 5.41) is 8.91. The van der Waals surface area contributed by atoms with Crippen LogP contribution in [-0.2, 0) is 16.6 Å². The monoisotopic (exact) mass is 338 g/mol. The zero-order valence-corrected chi connectivity index (χ0v) is 12.3. The highest BCUT2D eigenvalue weighted by Gasteiger charge is 2.08. The molecule has 0 aliphatic carbocycles. The van der Waals surface area contributed by atoms with Crippen LogP contribution in [0.5, 0.6) is 0 Å². The van der Waals surface area contributed by atoms with Gasteiger partial charge in [0, 0.05) is 9.37 Å². The Hall–Kier alpha value is -1.46. The number of aromatic carboxylic acids is 1. The van der Waals surface area contributed by atoms with Crippen molar-refractivity contribution in [2.75, 3.05) is 0 Å². The zero-order valence-electron chi connectivity index (χ0n) is 9.88. The molecule has 98 valence electrons. The molecule has 2 aromatic rings. The third kappa shape index (κ3) is 3.75. The lowest BCUT2D eigenvalue weighted by atomic mass is 10.1. The number of carbonyl (C=O) groups is 1. The topological polar surface area (TPSA) is 54.4 Å². The van der Waals surface area contributed by atoms with E-state index in [2.05, 4.69) is 15.9 Å². The van der Waals surface area contributed by atoms with E-state index in [4.69, 9.17) is 5.11 Å². The predicted molar refractivity (Wildman–Crippen MR) is 77.7 cm³/mol. The van der Waals surface area contributed by atoms with Crippen LogP contribution in [0.25, 0.3) is 0 Å². The Labute approximate surface area is 121 Å². The Morgan fingerprint density at radius 2 is 1.84 bits per heavy atom. The van der Waals surface area contributed by atoms with Crippen molar-refractivity contribution in [1.29, 1.82) is 0 Å². The number of halogens is 1. The van der Waals surface area contributed by atoms with Crippen LogP contribution in [0.2, 0.25) is 0 Å². The van der Waals surface area contributed by atoms with E-state index in [1.54, 1.807) is 30.3 Å². The highest BCUT2D eigenvalue weighted by Crippen LogP contribution is 2.17. The highest BCUT2D eigenvalue weighted by molar-refractivity contribution is 9.10. The van der Waals surface area contributed by atoms with Gasteiger partial charge in [-0.1, -0.05) is 28.1 Å². The molecule has 2 aromatic carbocycles. The molecule has 0 aliphatic rings. The second kappa shape index (κ2) is 6.12. The molecule has 3 nitrogen and oxygen atoms in total. The summed E-state index contributed by atoms with van der Waals surface area (Å²) >= 11 is 3.32. The number of carboxylic acids is 1. The predicted octanol–water partition coefficient (Wildman–Crippen LogP) is 3.46. The normalized spacial score (nSPS) is 12.1. The summed E-state index contributed by atoms with van der Waals surface area (Å²) in [5.74, 6) is -0.667. The van der Waals surface area contributed by atoms with Crippen molar-refractivity contribution >= 4 is 32.7 Å².